The first-order chi connectivity index (χ1) is 9.24. The second-order valence-electron chi connectivity index (χ2n) is 5.39. The molecular formula is C13H25N5S. The van der Waals surface area contributed by atoms with Crippen molar-refractivity contribution in [3.8, 4) is 0 Å². The maximum absolute atomic E-state index is 4.11. The molecule has 0 saturated heterocycles. The van der Waals surface area contributed by atoms with Gasteiger partial charge in [-0.3, -0.25) is 0 Å². The average molecular weight is 283 g/mol. The summed E-state index contributed by atoms with van der Waals surface area (Å²) >= 11 is 1.84. The minimum absolute atomic E-state index is 0.593. The Kier molecular flexibility index (Phi) is 5.63. The fraction of sp³-hybridized carbons (Fsp3) is 0.923. The van der Waals surface area contributed by atoms with Crippen molar-refractivity contribution in [1.82, 2.24) is 25.5 Å². The van der Waals surface area contributed by atoms with Crippen LogP contribution >= 0.6 is 11.8 Å². The molecule has 1 N–H and O–H groups in total. The number of aromatic nitrogens is 4. The maximum atomic E-state index is 4.11. The second kappa shape index (κ2) is 7.24. The summed E-state index contributed by atoms with van der Waals surface area (Å²) in [6, 6.07) is 0.601. The zero-order chi connectivity index (χ0) is 13.7. The largest absolute Gasteiger partial charge is 0.313 e. The van der Waals surface area contributed by atoms with Gasteiger partial charge < -0.3 is 5.32 Å². The highest BCUT2D eigenvalue weighted by Crippen LogP contribution is 2.36. The topological polar surface area (TPSA) is 55.6 Å². The van der Waals surface area contributed by atoms with Crippen LogP contribution in [0.15, 0.2) is 5.16 Å². The molecule has 1 heterocycles. The van der Waals surface area contributed by atoms with E-state index in [4.69, 9.17) is 0 Å². The number of hydrogen-bond donors (Lipinski definition) is 1. The van der Waals surface area contributed by atoms with Gasteiger partial charge in [0.1, 0.15) is 0 Å². The van der Waals surface area contributed by atoms with Crippen molar-refractivity contribution in [1.29, 1.82) is 0 Å². The van der Waals surface area contributed by atoms with Crippen molar-refractivity contribution in [2.75, 3.05) is 6.54 Å². The smallest absolute Gasteiger partial charge is 0.209 e. The zero-order valence-electron chi connectivity index (χ0n) is 12.2. The van der Waals surface area contributed by atoms with Gasteiger partial charge in [-0.2, -0.15) is 0 Å². The van der Waals surface area contributed by atoms with E-state index in [1.54, 1.807) is 4.68 Å². The van der Waals surface area contributed by atoms with Crippen LogP contribution in [0.25, 0.3) is 0 Å². The quantitative estimate of drug-likeness (QED) is 0.868. The molecule has 0 aliphatic heterocycles. The molecular weight excluding hydrogens is 258 g/mol. The van der Waals surface area contributed by atoms with E-state index in [0.29, 0.717) is 11.3 Å². The van der Waals surface area contributed by atoms with E-state index < -0.39 is 0 Å². The van der Waals surface area contributed by atoms with Gasteiger partial charge in [-0.15, -0.1) is 5.10 Å². The van der Waals surface area contributed by atoms with Gasteiger partial charge in [0.05, 0.1) is 0 Å². The summed E-state index contributed by atoms with van der Waals surface area (Å²) in [5, 5.41) is 17.0. The van der Waals surface area contributed by atoms with Crippen molar-refractivity contribution in [2.24, 2.45) is 13.0 Å². The Morgan fingerprint density at radius 3 is 2.84 bits per heavy atom. The lowest BCUT2D eigenvalue weighted by atomic mass is 9.84. The Balaban J connectivity index is 2.00. The van der Waals surface area contributed by atoms with Gasteiger partial charge in [-0.25, -0.2) is 4.68 Å². The summed E-state index contributed by atoms with van der Waals surface area (Å²) in [6.07, 6.45) is 6.38. The third-order valence-corrected chi connectivity index (χ3v) is 5.35. The molecule has 1 aliphatic rings. The lowest BCUT2D eigenvalue weighted by Crippen LogP contribution is -2.43. The number of thioether (sulfide) groups is 1. The number of hydrogen-bond acceptors (Lipinski definition) is 5. The van der Waals surface area contributed by atoms with Crippen LogP contribution in [0.3, 0.4) is 0 Å². The Bertz CT molecular complexity index is 381. The van der Waals surface area contributed by atoms with E-state index in [0.717, 1.165) is 17.6 Å². The van der Waals surface area contributed by atoms with Crippen molar-refractivity contribution >= 4 is 11.8 Å². The van der Waals surface area contributed by atoms with Crippen LogP contribution in [0.5, 0.6) is 0 Å². The molecule has 2 rings (SSSR count). The Morgan fingerprint density at radius 2 is 2.21 bits per heavy atom. The molecule has 5 nitrogen and oxygen atoms in total. The van der Waals surface area contributed by atoms with Crippen LogP contribution in [0.4, 0.5) is 0 Å². The highest BCUT2D eigenvalue weighted by atomic mass is 32.2. The lowest BCUT2D eigenvalue weighted by molar-refractivity contribution is 0.295. The third kappa shape index (κ3) is 3.92. The molecule has 1 aromatic heterocycles. The van der Waals surface area contributed by atoms with Crippen molar-refractivity contribution in [3.05, 3.63) is 0 Å². The van der Waals surface area contributed by atoms with Gasteiger partial charge in [0.25, 0.3) is 0 Å². The molecule has 0 radical (unpaired) electrons. The number of aryl methyl sites for hydroxylation is 1. The molecule has 1 fully saturated rings. The first kappa shape index (κ1) is 14.8. The SMILES string of the molecule is CCCNC1CCC(CC)CC1Sc1nnnn1C. The summed E-state index contributed by atoms with van der Waals surface area (Å²) in [5.41, 5.74) is 0. The average Bonchev–Trinajstić information content (AvgIpc) is 2.83. The standard InChI is InChI=1S/C13H25N5S/c1-4-8-14-11-7-6-10(5-2)9-12(11)19-13-15-16-17-18(13)3/h10-12,14H,4-9H2,1-3H3. The fourth-order valence-electron chi connectivity index (χ4n) is 2.73. The van der Waals surface area contributed by atoms with E-state index in [-0.39, 0.29) is 0 Å². The van der Waals surface area contributed by atoms with Crippen LogP contribution in [0.1, 0.15) is 46.0 Å². The monoisotopic (exact) mass is 283 g/mol. The van der Waals surface area contributed by atoms with Crippen LogP contribution in [-0.4, -0.2) is 38.0 Å². The molecule has 1 saturated carbocycles. The first-order valence-corrected chi connectivity index (χ1v) is 8.24. The van der Waals surface area contributed by atoms with Crippen molar-refractivity contribution < 1.29 is 0 Å². The van der Waals surface area contributed by atoms with E-state index in [2.05, 4.69) is 34.7 Å². The van der Waals surface area contributed by atoms with E-state index in [9.17, 15) is 0 Å². The minimum Gasteiger partial charge on any atom is -0.313 e. The molecule has 19 heavy (non-hydrogen) atoms. The first-order valence-electron chi connectivity index (χ1n) is 7.37. The maximum Gasteiger partial charge on any atom is 0.209 e. The third-order valence-electron chi connectivity index (χ3n) is 3.97. The van der Waals surface area contributed by atoms with Crippen LogP contribution in [0, 0.1) is 5.92 Å². The van der Waals surface area contributed by atoms with Gasteiger partial charge in [0.2, 0.25) is 5.16 Å². The van der Waals surface area contributed by atoms with Crippen LogP contribution < -0.4 is 5.32 Å². The summed E-state index contributed by atoms with van der Waals surface area (Å²) in [6.45, 7) is 5.63. The molecule has 1 aliphatic carbocycles. The summed E-state index contributed by atoms with van der Waals surface area (Å²) < 4.78 is 1.77. The van der Waals surface area contributed by atoms with Gasteiger partial charge in [0.15, 0.2) is 0 Å². The molecule has 1 aromatic rings. The molecule has 0 spiro atoms. The van der Waals surface area contributed by atoms with Crippen LogP contribution in [0.2, 0.25) is 0 Å². The number of tetrazole rings is 1. The predicted octanol–water partition coefficient (Wildman–Crippen LogP) is 2.25. The second-order valence-corrected chi connectivity index (χ2v) is 6.60. The zero-order valence-corrected chi connectivity index (χ0v) is 13.0. The summed E-state index contributed by atoms with van der Waals surface area (Å²) in [7, 11) is 1.91. The lowest BCUT2D eigenvalue weighted by Gasteiger charge is -2.35. The van der Waals surface area contributed by atoms with Gasteiger partial charge in [0, 0.05) is 18.3 Å². The molecule has 0 amide bonds. The number of rotatable bonds is 6. The normalized spacial score (nSPS) is 27.6. The van der Waals surface area contributed by atoms with Crippen LogP contribution in [-0.2, 0) is 7.05 Å². The van der Waals surface area contributed by atoms with E-state index >= 15 is 0 Å². The van der Waals surface area contributed by atoms with Crippen molar-refractivity contribution in [3.63, 3.8) is 0 Å². The predicted molar refractivity (Wildman–Crippen MR) is 78.2 cm³/mol. The van der Waals surface area contributed by atoms with Gasteiger partial charge in [-0.05, 0) is 48.6 Å². The molecule has 0 bridgehead atoms. The van der Waals surface area contributed by atoms with E-state index in [1.165, 1.54) is 32.1 Å². The molecule has 3 unspecified atom stereocenters. The summed E-state index contributed by atoms with van der Waals surface area (Å²) in [5.74, 6) is 0.860. The number of nitrogens with one attached hydrogen (secondary N) is 1. The Hall–Kier alpha value is -0.620. The highest BCUT2D eigenvalue weighted by Gasteiger charge is 2.31. The molecule has 108 valence electrons. The number of nitrogens with zero attached hydrogens (tertiary/aromatic N) is 4. The summed E-state index contributed by atoms with van der Waals surface area (Å²) in [4.78, 5) is 0. The Labute approximate surface area is 119 Å². The fourth-order valence-corrected chi connectivity index (χ4v) is 4.04. The minimum atomic E-state index is 0.593. The van der Waals surface area contributed by atoms with Crippen molar-refractivity contribution in [2.45, 2.75) is 62.4 Å². The van der Waals surface area contributed by atoms with Gasteiger partial charge >= 0.3 is 0 Å². The highest BCUT2D eigenvalue weighted by molar-refractivity contribution is 7.99. The van der Waals surface area contributed by atoms with Gasteiger partial charge in [-0.1, -0.05) is 32.0 Å². The van der Waals surface area contributed by atoms with E-state index in [1.807, 2.05) is 18.8 Å². The Morgan fingerprint density at radius 1 is 1.37 bits per heavy atom. The molecule has 6 heteroatoms. The molecule has 3 atom stereocenters. The molecule has 0 aromatic carbocycles.